The fourth-order valence-electron chi connectivity index (χ4n) is 5.09. The average molecular weight is 429 g/mol. The maximum Gasteiger partial charge on any atom is 0.281 e. The van der Waals surface area contributed by atoms with Gasteiger partial charge >= 0.3 is 0 Å². The van der Waals surface area contributed by atoms with Crippen molar-refractivity contribution in [1.29, 1.82) is 0 Å². The predicted octanol–water partition coefficient (Wildman–Crippen LogP) is -0.877. The molecule has 2 aromatic rings. The molecular weight excluding hydrogens is 396 g/mol. The highest BCUT2D eigenvalue weighted by atomic mass is 32.2. The van der Waals surface area contributed by atoms with Gasteiger partial charge in [0.1, 0.15) is 18.4 Å². The smallest absolute Gasteiger partial charge is 0.281 e. The van der Waals surface area contributed by atoms with Gasteiger partial charge in [-0.25, -0.2) is 4.68 Å². The van der Waals surface area contributed by atoms with Crippen molar-refractivity contribution < 1.29 is 15.0 Å². The molecule has 1 amide bonds. The van der Waals surface area contributed by atoms with Crippen molar-refractivity contribution >= 4 is 23.5 Å². The summed E-state index contributed by atoms with van der Waals surface area (Å²) in [4.78, 5) is 18.9. The number of aromatic nitrogens is 2. The number of aryl methyl sites for hydroxylation is 1. The van der Waals surface area contributed by atoms with Crippen LogP contribution in [0.2, 0.25) is 0 Å². The van der Waals surface area contributed by atoms with Gasteiger partial charge in [-0.2, -0.15) is 5.10 Å². The first-order valence-electron chi connectivity index (χ1n) is 11.1. The molecule has 5 rings (SSSR count). The Balaban J connectivity index is 1.20. The topological polar surface area (TPSA) is 62.4 Å². The van der Waals surface area contributed by atoms with Crippen LogP contribution in [0.1, 0.15) is 12.1 Å². The molecule has 3 saturated heterocycles. The van der Waals surface area contributed by atoms with Crippen molar-refractivity contribution in [2.24, 2.45) is 0 Å². The van der Waals surface area contributed by atoms with E-state index in [-0.39, 0.29) is 6.04 Å². The van der Waals surface area contributed by atoms with Crippen molar-refractivity contribution in [2.75, 3.05) is 55.8 Å². The maximum atomic E-state index is 12.7. The molecule has 4 heterocycles. The quantitative estimate of drug-likeness (QED) is 0.664. The second-order valence-electron chi connectivity index (χ2n) is 8.69. The van der Waals surface area contributed by atoms with Gasteiger partial charge in [0.05, 0.1) is 49.9 Å². The number of nitrogens with zero attached hydrogens (tertiary/aromatic N) is 4. The fourth-order valence-corrected chi connectivity index (χ4v) is 6.04. The number of anilines is 1. The van der Waals surface area contributed by atoms with E-state index in [1.165, 1.54) is 5.82 Å². The van der Waals surface area contributed by atoms with E-state index in [2.05, 4.69) is 57.1 Å². The number of para-hydroxylation sites is 1. The van der Waals surface area contributed by atoms with Crippen molar-refractivity contribution in [3.05, 3.63) is 42.1 Å². The van der Waals surface area contributed by atoms with Gasteiger partial charge < -0.3 is 20.0 Å². The first-order chi connectivity index (χ1) is 14.7. The fraction of sp³-hybridized carbons (Fsp3) is 0.545. The Morgan fingerprint density at radius 3 is 2.73 bits per heavy atom. The lowest BCUT2D eigenvalue weighted by Gasteiger charge is -2.35. The molecule has 0 spiro atoms. The monoisotopic (exact) mass is 428 g/mol. The third-order valence-corrected chi connectivity index (χ3v) is 7.71. The minimum Gasteiger partial charge on any atom is -0.345 e. The Labute approximate surface area is 182 Å². The highest BCUT2D eigenvalue weighted by Crippen LogP contribution is 2.21. The zero-order valence-electron chi connectivity index (χ0n) is 17.7. The number of quaternary nitrogens is 2. The third kappa shape index (κ3) is 3.96. The zero-order valence-corrected chi connectivity index (χ0v) is 18.5. The van der Waals surface area contributed by atoms with Crippen LogP contribution in [0.25, 0.3) is 5.69 Å². The molecule has 3 fully saturated rings. The summed E-state index contributed by atoms with van der Waals surface area (Å²) in [7, 11) is 0. The van der Waals surface area contributed by atoms with Gasteiger partial charge in [-0.3, -0.25) is 4.79 Å². The molecule has 0 aliphatic carbocycles. The Bertz CT molecular complexity index is 873. The van der Waals surface area contributed by atoms with E-state index in [1.54, 1.807) is 4.90 Å². The predicted molar refractivity (Wildman–Crippen MR) is 119 cm³/mol. The number of benzene rings is 1. The van der Waals surface area contributed by atoms with Gasteiger partial charge in [0, 0.05) is 18.4 Å². The van der Waals surface area contributed by atoms with Gasteiger partial charge in [-0.1, -0.05) is 18.2 Å². The van der Waals surface area contributed by atoms with Crippen LogP contribution in [-0.4, -0.2) is 83.6 Å². The lowest BCUT2D eigenvalue weighted by Crippen LogP contribution is -3.19. The summed E-state index contributed by atoms with van der Waals surface area (Å²) in [6.45, 7) is 8.38. The molecule has 0 bridgehead atoms. The molecule has 8 heteroatoms. The van der Waals surface area contributed by atoms with Crippen LogP contribution in [0.3, 0.4) is 0 Å². The van der Waals surface area contributed by atoms with Crippen LogP contribution in [0, 0.1) is 6.92 Å². The lowest BCUT2D eigenvalue weighted by atomic mass is 10.1. The Kier molecular flexibility index (Phi) is 5.71. The molecule has 30 heavy (non-hydrogen) atoms. The highest BCUT2D eigenvalue weighted by Gasteiger charge is 2.42. The Morgan fingerprint density at radius 1 is 1.20 bits per heavy atom. The normalized spacial score (nSPS) is 25.2. The number of thioether (sulfide) groups is 1. The number of hydrogen-bond donors (Lipinski definition) is 2. The van der Waals surface area contributed by atoms with E-state index in [0.29, 0.717) is 11.9 Å². The lowest BCUT2D eigenvalue weighted by molar-refractivity contribution is -0.930. The van der Waals surface area contributed by atoms with Crippen molar-refractivity contribution in [3.8, 4) is 5.69 Å². The van der Waals surface area contributed by atoms with E-state index in [1.807, 2.05) is 17.8 Å². The molecule has 7 nitrogen and oxygen atoms in total. The van der Waals surface area contributed by atoms with Crippen LogP contribution < -0.4 is 15.1 Å². The first kappa shape index (κ1) is 19.9. The molecule has 0 saturated carbocycles. The van der Waals surface area contributed by atoms with Crippen LogP contribution in [0.4, 0.5) is 5.82 Å². The summed E-state index contributed by atoms with van der Waals surface area (Å²) in [5.41, 5.74) is 2.16. The maximum absolute atomic E-state index is 12.7. The number of nitrogens with one attached hydrogen (secondary N) is 1. The van der Waals surface area contributed by atoms with Gasteiger partial charge in [-0.15, -0.1) is 11.8 Å². The number of piperazine rings is 1. The molecule has 3 aliphatic heterocycles. The molecule has 1 aromatic heterocycles. The summed E-state index contributed by atoms with van der Waals surface area (Å²) in [5.74, 6) is 3.53. The second-order valence-corrected chi connectivity index (χ2v) is 9.76. The molecule has 160 valence electrons. The summed E-state index contributed by atoms with van der Waals surface area (Å²) >= 11 is 1.87. The average Bonchev–Trinajstić information content (AvgIpc) is 3.55. The molecule has 2 atom stereocenters. The second kappa shape index (κ2) is 8.61. The first-order valence-corrected chi connectivity index (χ1v) is 12.3. The zero-order chi connectivity index (χ0) is 20.5. The molecule has 0 unspecified atom stereocenters. The van der Waals surface area contributed by atoms with Gasteiger partial charge in [0.25, 0.3) is 5.91 Å². The molecular formula is C22H32N6OS+2. The summed E-state index contributed by atoms with van der Waals surface area (Å²) in [5, 5.41) is 7.03. The minimum absolute atomic E-state index is 0.140. The number of nitrogens with two attached hydrogens (primary N) is 1. The van der Waals surface area contributed by atoms with Crippen LogP contribution >= 0.6 is 11.8 Å². The molecule has 0 radical (unpaired) electrons. The number of carbonyl (C=O) groups excluding carboxylic acids is 1. The van der Waals surface area contributed by atoms with E-state index in [9.17, 15) is 4.79 Å². The van der Waals surface area contributed by atoms with Crippen LogP contribution in [0.15, 0.2) is 36.4 Å². The number of amides is 1. The van der Waals surface area contributed by atoms with Crippen molar-refractivity contribution in [2.45, 2.75) is 25.4 Å². The van der Waals surface area contributed by atoms with Gasteiger partial charge in [-0.05, 0) is 19.1 Å². The third-order valence-electron chi connectivity index (χ3n) is 6.75. The molecule has 3 N–H and O–H groups in total. The number of hydrogen-bond acceptors (Lipinski definition) is 4. The van der Waals surface area contributed by atoms with Crippen molar-refractivity contribution in [1.82, 2.24) is 14.7 Å². The minimum atomic E-state index is 0.140. The Morgan fingerprint density at radius 2 is 2.00 bits per heavy atom. The van der Waals surface area contributed by atoms with Gasteiger partial charge in [0.2, 0.25) is 0 Å². The summed E-state index contributed by atoms with van der Waals surface area (Å²) < 4.78 is 2.08. The standard InChI is InChI=1S/C22H30N6OS/c1-17-13-21(28(24-17)18-5-3-2-4-6-18)26-9-7-25(8-10-26)19-14-20(23-15-19)22(29)27-11-12-30-16-27/h2-6,13,19-20,23H,7-12,14-16H2,1H3/p+2/t19-,20-/m0/s1. The Hall–Kier alpha value is -2.03. The van der Waals surface area contributed by atoms with Crippen molar-refractivity contribution in [3.63, 3.8) is 0 Å². The van der Waals surface area contributed by atoms with E-state index in [4.69, 9.17) is 5.10 Å². The number of rotatable bonds is 4. The SMILES string of the molecule is Cc1cc(N2CC[NH+]([C@@H]3C[NH2+][C@H](C(=O)N4CCSC4)C3)CC2)n(-c2ccccc2)n1. The number of carbonyl (C=O) groups is 1. The van der Waals surface area contributed by atoms with E-state index in [0.717, 1.165) is 68.7 Å². The van der Waals surface area contributed by atoms with Gasteiger partial charge in [0.15, 0.2) is 6.04 Å². The van der Waals surface area contributed by atoms with Crippen LogP contribution in [0.5, 0.6) is 0 Å². The summed E-state index contributed by atoms with van der Waals surface area (Å²) in [6, 6.07) is 13.3. The molecule has 3 aliphatic rings. The highest BCUT2D eigenvalue weighted by molar-refractivity contribution is 7.99. The van der Waals surface area contributed by atoms with E-state index >= 15 is 0 Å². The molecule has 1 aromatic carbocycles. The van der Waals surface area contributed by atoms with Crippen LogP contribution in [-0.2, 0) is 4.79 Å². The summed E-state index contributed by atoms with van der Waals surface area (Å²) in [6.07, 6.45) is 1.02. The van der Waals surface area contributed by atoms with E-state index < -0.39 is 0 Å². The largest absolute Gasteiger partial charge is 0.345 e.